The normalized spacial score (nSPS) is 13.3. The lowest BCUT2D eigenvalue weighted by Crippen LogP contribution is -2.40. The molecule has 19 heavy (non-hydrogen) atoms. The maximum absolute atomic E-state index is 6.34. The highest BCUT2D eigenvalue weighted by Gasteiger charge is 2.23. The van der Waals surface area contributed by atoms with Crippen LogP contribution in [0, 0.1) is 0 Å². The van der Waals surface area contributed by atoms with Crippen LogP contribution in [0.15, 0.2) is 22.7 Å². The number of methoxy groups -OCH3 is 1. The number of nitrogens with zero attached hydrogens (tertiary/aromatic N) is 1. The molecule has 0 fully saturated rings. The summed E-state index contributed by atoms with van der Waals surface area (Å²) in [4.78, 5) is 2.32. The molecule has 0 heterocycles. The van der Waals surface area contributed by atoms with Crippen molar-refractivity contribution in [2.75, 3.05) is 26.8 Å². The Kier molecular flexibility index (Phi) is 7.32. The summed E-state index contributed by atoms with van der Waals surface area (Å²) in [7, 11) is 1.71. The third-order valence-corrected chi connectivity index (χ3v) is 3.98. The molecule has 0 aliphatic rings. The summed E-state index contributed by atoms with van der Waals surface area (Å²) in [5.74, 6) is 0. The fourth-order valence-corrected chi connectivity index (χ4v) is 2.98. The van der Waals surface area contributed by atoms with Crippen LogP contribution in [0.4, 0.5) is 0 Å². The summed E-state index contributed by atoms with van der Waals surface area (Å²) in [6, 6.07) is 6.43. The SMILES string of the molecule is COCCN(C(C)C)C(CN)c1ccc(Br)cc1Cl. The minimum Gasteiger partial charge on any atom is -0.383 e. The van der Waals surface area contributed by atoms with Gasteiger partial charge >= 0.3 is 0 Å². The zero-order valence-electron chi connectivity index (χ0n) is 11.7. The molecule has 2 N–H and O–H groups in total. The summed E-state index contributed by atoms with van der Waals surface area (Å²) in [5.41, 5.74) is 7.04. The fraction of sp³-hybridized carbons (Fsp3) is 0.571. The van der Waals surface area contributed by atoms with E-state index in [0.29, 0.717) is 19.2 Å². The molecule has 0 radical (unpaired) electrons. The monoisotopic (exact) mass is 348 g/mol. The summed E-state index contributed by atoms with van der Waals surface area (Å²) in [5, 5.41) is 0.743. The highest BCUT2D eigenvalue weighted by molar-refractivity contribution is 9.10. The Bertz CT molecular complexity index is 401. The number of ether oxygens (including phenoxy) is 1. The van der Waals surface area contributed by atoms with Gasteiger partial charge < -0.3 is 10.5 Å². The first-order valence-corrected chi connectivity index (χ1v) is 7.58. The quantitative estimate of drug-likeness (QED) is 0.819. The molecule has 3 nitrogen and oxygen atoms in total. The van der Waals surface area contributed by atoms with E-state index < -0.39 is 0 Å². The second-order valence-electron chi connectivity index (χ2n) is 4.74. The lowest BCUT2D eigenvalue weighted by molar-refractivity contribution is 0.0980. The molecule has 0 saturated heterocycles. The van der Waals surface area contributed by atoms with Gasteiger partial charge in [0.15, 0.2) is 0 Å². The number of hydrogen-bond donors (Lipinski definition) is 1. The van der Waals surface area contributed by atoms with Gasteiger partial charge in [-0.05, 0) is 31.5 Å². The first kappa shape index (κ1) is 16.9. The summed E-state index contributed by atoms with van der Waals surface area (Å²) in [6.45, 7) is 6.37. The predicted octanol–water partition coefficient (Wildman–Crippen LogP) is 3.46. The van der Waals surface area contributed by atoms with Crippen LogP contribution in [0.5, 0.6) is 0 Å². The molecule has 1 rings (SSSR count). The summed E-state index contributed by atoms with van der Waals surface area (Å²) >= 11 is 9.77. The van der Waals surface area contributed by atoms with E-state index in [1.54, 1.807) is 7.11 Å². The van der Waals surface area contributed by atoms with Crippen LogP contribution in [0.2, 0.25) is 5.02 Å². The Morgan fingerprint density at radius 2 is 2.11 bits per heavy atom. The van der Waals surface area contributed by atoms with E-state index in [9.17, 15) is 0 Å². The van der Waals surface area contributed by atoms with Crippen molar-refractivity contribution in [3.05, 3.63) is 33.3 Å². The van der Waals surface area contributed by atoms with Crippen molar-refractivity contribution in [3.8, 4) is 0 Å². The maximum Gasteiger partial charge on any atom is 0.0590 e. The van der Waals surface area contributed by atoms with Crippen molar-refractivity contribution >= 4 is 27.5 Å². The molecule has 0 amide bonds. The molecule has 108 valence electrons. The van der Waals surface area contributed by atoms with Gasteiger partial charge in [-0.3, -0.25) is 4.90 Å². The molecule has 0 aliphatic heterocycles. The number of benzene rings is 1. The third kappa shape index (κ3) is 4.72. The van der Waals surface area contributed by atoms with Crippen LogP contribution in [-0.2, 0) is 4.74 Å². The van der Waals surface area contributed by atoms with Crippen molar-refractivity contribution in [2.45, 2.75) is 25.9 Å². The highest BCUT2D eigenvalue weighted by atomic mass is 79.9. The topological polar surface area (TPSA) is 38.5 Å². The van der Waals surface area contributed by atoms with Crippen molar-refractivity contribution < 1.29 is 4.74 Å². The molecule has 0 aromatic heterocycles. The maximum atomic E-state index is 6.34. The van der Waals surface area contributed by atoms with Gasteiger partial charge in [-0.15, -0.1) is 0 Å². The molecule has 1 aromatic carbocycles. The number of nitrogens with two attached hydrogens (primary N) is 1. The van der Waals surface area contributed by atoms with Crippen LogP contribution < -0.4 is 5.73 Å². The highest BCUT2D eigenvalue weighted by Crippen LogP contribution is 2.30. The largest absolute Gasteiger partial charge is 0.383 e. The zero-order valence-corrected chi connectivity index (χ0v) is 14.0. The van der Waals surface area contributed by atoms with Gasteiger partial charge in [-0.25, -0.2) is 0 Å². The molecule has 0 saturated carbocycles. The Labute approximate surface area is 129 Å². The Hall–Kier alpha value is -0.130. The van der Waals surface area contributed by atoms with Crippen LogP contribution in [-0.4, -0.2) is 37.7 Å². The van der Waals surface area contributed by atoms with E-state index in [4.69, 9.17) is 22.1 Å². The van der Waals surface area contributed by atoms with Crippen molar-refractivity contribution in [1.29, 1.82) is 0 Å². The van der Waals surface area contributed by atoms with Crippen LogP contribution >= 0.6 is 27.5 Å². The summed E-state index contributed by atoms with van der Waals surface area (Å²) in [6.07, 6.45) is 0. The molecule has 0 spiro atoms. The smallest absolute Gasteiger partial charge is 0.0590 e. The first-order valence-electron chi connectivity index (χ1n) is 6.41. The molecule has 1 atom stereocenters. The van der Waals surface area contributed by atoms with Gasteiger partial charge in [0.2, 0.25) is 0 Å². The minimum atomic E-state index is 0.107. The Morgan fingerprint density at radius 3 is 2.58 bits per heavy atom. The van der Waals surface area contributed by atoms with E-state index in [1.165, 1.54) is 0 Å². The van der Waals surface area contributed by atoms with E-state index in [1.807, 2.05) is 18.2 Å². The molecule has 0 bridgehead atoms. The van der Waals surface area contributed by atoms with Crippen molar-refractivity contribution in [3.63, 3.8) is 0 Å². The number of halogens is 2. The fourth-order valence-electron chi connectivity index (χ4n) is 2.18. The molecule has 1 aromatic rings. The molecule has 5 heteroatoms. The van der Waals surface area contributed by atoms with E-state index in [0.717, 1.165) is 21.6 Å². The summed E-state index contributed by atoms with van der Waals surface area (Å²) < 4.78 is 6.16. The third-order valence-electron chi connectivity index (χ3n) is 3.16. The van der Waals surface area contributed by atoms with Gasteiger partial charge in [0.1, 0.15) is 0 Å². The number of hydrogen-bond acceptors (Lipinski definition) is 3. The van der Waals surface area contributed by atoms with Gasteiger partial charge in [0.25, 0.3) is 0 Å². The molecule has 0 aliphatic carbocycles. The van der Waals surface area contributed by atoms with E-state index >= 15 is 0 Å². The zero-order chi connectivity index (χ0) is 14.4. The standard InChI is InChI=1S/C14H22BrClN2O/c1-10(2)18(6-7-19-3)14(9-17)12-5-4-11(15)8-13(12)16/h4-5,8,10,14H,6-7,9,17H2,1-3H3. The van der Waals surface area contributed by atoms with Gasteiger partial charge in [-0.2, -0.15) is 0 Å². The van der Waals surface area contributed by atoms with Gasteiger partial charge in [-0.1, -0.05) is 33.6 Å². The minimum absolute atomic E-state index is 0.107. The number of rotatable bonds is 7. The lowest BCUT2D eigenvalue weighted by atomic mass is 10.0. The molecular weight excluding hydrogens is 328 g/mol. The second kappa shape index (κ2) is 8.22. The van der Waals surface area contributed by atoms with E-state index in [2.05, 4.69) is 34.7 Å². The van der Waals surface area contributed by atoms with E-state index in [-0.39, 0.29) is 6.04 Å². The van der Waals surface area contributed by atoms with Crippen LogP contribution in [0.25, 0.3) is 0 Å². The average molecular weight is 350 g/mol. The molecular formula is C14H22BrClN2O. The second-order valence-corrected chi connectivity index (χ2v) is 6.06. The van der Waals surface area contributed by atoms with Crippen LogP contribution in [0.3, 0.4) is 0 Å². The average Bonchev–Trinajstić information content (AvgIpc) is 2.35. The van der Waals surface area contributed by atoms with Crippen molar-refractivity contribution in [2.24, 2.45) is 5.73 Å². The molecule has 1 unspecified atom stereocenters. The lowest BCUT2D eigenvalue weighted by Gasteiger charge is -2.35. The van der Waals surface area contributed by atoms with Crippen molar-refractivity contribution in [1.82, 2.24) is 4.90 Å². The van der Waals surface area contributed by atoms with Crippen LogP contribution in [0.1, 0.15) is 25.5 Å². The Balaban J connectivity index is 3.01. The first-order chi connectivity index (χ1) is 9.01. The predicted molar refractivity (Wildman–Crippen MR) is 84.7 cm³/mol. The Morgan fingerprint density at radius 1 is 1.42 bits per heavy atom. The van der Waals surface area contributed by atoms with Gasteiger partial charge in [0, 0.05) is 41.8 Å². The van der Waals surface area contributed by atoms with Gasteiger partial charge in [0.05, 0.1) is 6.61 Å².